The Hall–Kier alpha value is -3.22. The number of fused-ring (bicyclic) bond motifs is 1. The van der Waals surface area contributed by atoms with Gasteiger partial charge in [0.25, 0.3) is 0 Å². The number of rotatable bonds is 5. The predicted molar refractivity (Wildman–Crippen MR) is 123 cm³/mol. The Labute approximate surface area is 187 Å². The highest BCUT2D eigenvalue weighted by Gasteiger charge is 2.31. The Bertz CT molecular complexity index is 1320. The molecular formula is C23H24N6O2S. The fraction of sp³-hybridized carbons (Fsp3) is 0.348. The minimum absolute atomic E-state index is 0.330. The van der Waals surface area contributed by atoms with Crippen molar-refractivity contribution < 1.29 is 8.42 Å². The lowest BCUT2D eigenvalue weighted by molar-refractivity contribution is 0.384. The number of nitriles is 1. The van der Waals surface area contributed by atoms with Gasteiger partial charge in [0, 0.05) is 32.2 Å². The van der Waals surface area contributed by atoms with Gasteiger partial charge in [-0.2, -0.15) is 9.57 Å². The average molecular weight is 449 g/mol. The second kappa shape index (κ2) is 8.04. The van der Waals surface area contributed by atoms with E-state index in [0.717, 1.165) is 29.7 Å². The molecule has 0 spiro atoms. The molecule has 0 bridgehead atoms. The van der Waals surface area contributed by atoms with Crippen LogP contribution in [0.5, 0.6) is 0 Å². The van der Waals surface area contributed by atoms with Crippen LogP contribution in [0.2, 0.25) is 0 Å². The van der Waals surface area contributed by atoms with E-state index in [4.69, 9.17) is 9.97 Å². The van der Waals surface area contributed by atoms with Gasteiger partial charge in [-0.1, -0.05) is 12.1 Å². The third-order valence-electron chi connectivity index (χ3n) is 5.86. The highest BCUT2D eigenvalue weighted by Crippen LogP contribution is 2.32. The highest BCUT2D eigenvalue weighted by molar-refractivity contribution is 7.89. The summed E-state index contributed by atoms with van der Waals surface area (Å²) < 4.78 is 27.7. The zero-order valence-corrected chi connectivity index (χ0v) is 18.6. The quantitative estimate of drug-likeness (QED) is 0.640. The molecule has 2 heterocycles. The molecule has 5 rings (SSSR count). The standard InChI is InChI=1S/C23H24N6O2S/c1-16-3-2-4-19(13-16)32(30,31)29-11-9-28(10-12-29)23-22(25-18-6-7-18)26-20-8-5-17(15-24)14-21(20)27-23/h2-5,8,13-14,18H,6-7,9-12H2,1H3,(H,25,26). The first-order valence-electron chi connectivity index (χ1n) is 10.7. The summed E-state index contributed by atoms with van der Waals surface area (Å²) in [4.78, 5) is 12.0. The second-order valence-corrected chi connectivity index (χ2v) is 10.3. The van der Waals surface area contributed by atoms with Crippen molar-refractivity contribution in [3.63, 3.8) is 0 Å². The molecule has 1 saturated carbocycles. The molecule has 1 saturated heterocycles. The van der Waals surface area contributed by atoms with Gasteiger partial charge in [-0.05, 0) is 55.7 Å². The lowest BCUT2D eigenvalue weighted by atomic mass is 10.2. The van der Waals surface area contributed by atoms with Gasteiger partial charge in [0.2, 0.25) is 10.0 Å². The third kappa shape index (κ3) is 3.99. The first-order chi connectivity index (χ1) is 15.4. The minimum atomic E-state index is -3.53. The molecule has 164 valence electrons. The number of sulfonamides is 1. The number of aryl methyl sites for hydroxylation is 1. The molecule has 2 aliphatic rings. The molecule has 0 radical (unpaired) electrons. The number of hydrogen-bond acceptors (Lipinski definition) is 7. The lowest BCUT2D eigenvalue weighted by Gasteiger charge is -2.35. The van der Waals surface area contributed by atoms with E-state index < -0.39 is 10.0 Å². The molecule has 0 amide bonds. The summed E-state index contributed by atoms with van der Waals surface area (Å²) in [5.41, 5.74) is 2.85. The van der Waals surface area contributed by atoms with E-state index in [0.29, 0.717) is 54.0 Å². The van der Waals surface area contributed by atoms with Crippen molar-refractivity contribution in [2.45, 2.75) is 30.7 Å². The molecule has 0 unspecified atom stereocenters. The Morgan fingerprint density at radius 1 is 1.03 bits per heavy atom. The van der Waals surface area contributed by atoms with Crippen LogP contribution in [0.4, 0.5) is 11.6 Å². The number of hydrogen-bond donors (Lipinski definition) is 1. The van der Waals surface area contributed by atoms with Crippen LogP contribution in [0.1, 0.15) is 24.0 Å². The summed E-state index contributed by atoms with van der Waals surface area (Å²) >= 11 is 0. The first kappa shape index (κ1) is 20.7. The molecule has 0 atom stereocenters. The Kier molecular flexibility index (Phi) is 5.19. The topological polar surface area (TPSA) is 102 Å². The van der Waals surface area contributed by atoms with Gasteiger partial charge in [-0.25, -0.2) is 18.4 Å². The number of nitrogens with zero attached hydrogens (tertiary/aromatic N) is 5. The van der Waals surface area contributed by atoms with Gasteiger partial charge in [-0.15, -0.1) is 0 Å². The van der Waals surface area contributed by atoms with Crippen LogP contribution >= 0.6 is 0 Å². The Morgan fingerprint density at radius 2 is 1.81 bits per heavy atom. The number of anilines is 2. The lowest BCUT2D eigenvalue weighted by Crippen LogP contribution is -2.49. The van der Waals surface area contributed by atoms with Gasteiger partial charge in [0.1, 0.15) is 0 Å². The number of piperazine rings is 1. The van der Waals surface area contributed by atoms with Crippen molar-refractivity contribution in [2.75, 3.05) is 36.4 Å². The molecule has 1 aromatic heterocycles. The predicted octanol–water partition coefficient (Wildman–Crippen LogP) is 2.90. The largest absolute Gasteiger partial charge is 0.364 e. The van der Waals surface area contributed by atoms with E-state index in [1.807, 2.05) is 19.1 Å². The number of benzene rings is 2. The summed E-state index contributed by atoms with van der Waals surface area (Å²) in [6.07, 6.45) is 2.21. The molecule has 8 nitrogen and oxygen atoms in total. The zero-order valence-electron chi connectivity index (χ0n) is 17.8. The molecule has 1 aliphatic heterocycles. The summed E-state index contributed by atoms with van der Waals surface area (Å²) in [5, 5.41) is 12.7. The highest BCUT2D eigenvalue weighted by atomic mass is 32.2. The molecular weight excluding hydrogens is 424 g/mol. The van der Waals surface area contributed by atoms with Gasteiger partial charge < -0.3 is 10.2 Å². The maximum absolute atomic E-state index is 13.1. The van der Waals surface area contributed by atoms with Crippen LogP contribution in [0.3, 0.4) is 0 Å². The maximum Gasteiger partial charge on any atom is 0.243 e. The molecule has 3 aromatic rings. The van der Waals surface area contributed by atoms with Crippen LogP contribution in [-0.2, 0) is 10.0 Å². The van der Waals surface area contributed by atoms with E-state index in [2.05, 4.69) is 16.3 Å². The average Bonchev–Trinajstić information content (AvgIpc) is 3.62. The second-order valence-electron chi connectivity index (χ2n) is 8.34. The summed E-state index contributed by atoms with van der Waals surface area (Å²) in [5.74, 6) is 1.44. The summed E-state index contributed by atoms with van der Waals surface area (Å²) in [7, 11) is -3.53. The maximum atomic E-state index is 13.1. The van der Waals surface area contributed by atoms with Crippen LogP contribution in [0, 0.1) is 18.3 Å². The smallest absolute Gasteiger partial charge is 0.243 e. The van der Waals surface area contributed by atoms with Crippen molar-refractivity contribution in [1.29, 1.82) is 5.26 Å². The summed E-state index contributed by atoms with van der Waals surface area (Å²) in [6.45, 7) is 3.67. The Balaban J connectivity index is 1.42. The van der Waals surface area contributed by atoms with Gasteiger partial charge >= 0.3 is 0 Å². The van der Waals surface area contributed by atoms with E-state index in [1.165, 1.54) is 4.31 Å². The molecule has 32 heavy (non-hydrogen) atoms. The summed E-state index contributed by atoms with van der Waals surface area (Å²) in [6, 6.07) is 14.9. The van der Waals surface area contributed by atoms with Crippen molar-refractivity contribution in [2.24, 2.45) is 0 Å². The normalized spacial score (nSPS) is 17.3. The number of aromatic nitrogens is 2. The molecule has 2 aromatic carbocycles. The fourth-order valence-corrected chi connectivity index (χ4v) is 5.45. The monoisotopic (exact) mass is 448 g/mol. The first-order valence-corrected chi connectivity index (χ1v) is 12.2. The van der Waals surface area contributed by atoms with Crippen LogP contribution in [0.15, 0.2) is 47.4 Å². The SMILES string of the molecule is Cc1cccc(S(=O)(=O)N2CCN(c3nc4cc(C#N)ccc4nc3NC3CC3)CC2)c1. The van der Waals surface area contributed by atoms with Crippen molar-refractivity contribution in [3.05, 3.63) is 53.6 Å². The van der Waals surface area contributed by atoms with Gasteiger partial charge in [-0.3, -0.25) is 0 Å². The molecule has 2 fully saturated rings. The van der Waals surface area contributed by atoms with Crippen LogP contribution in [-0.4, -0.2) is 54.9 Å². The number of nitrogens with one attached hydrogen (secondary N) is 1. The van der Waals surface area contributed by atoms with Crippen molar-refractivity contribution in [1.82, 2.24) is 14.3 Å². The van der Waals surface area contributed by atoms with Gasteiger partial charge in [0.05, 0.1) is 27.6 Å². The van der Waals surface area contributed by atoms with Crippen molar-refractivity contribution in [3.8, 4) is 6.07 Å². The van der Waals surface area contributed by atoms with Crippen LogP contribution in [0.25, 0.3) is 11.0 Å². The fourth-order valence-electron chi connectivity index (χ4n) is 3.92. The molecule has 1 N–H and O–H groups in total. The Morgan fingerprint density at radius 3 is 2.50 bits per heavy atom. The van der Waals surface area contributed by atoms with E-state index >= 15 is 0 Å². The van der Waals surface area contributed by atoms with E-state index in [1.54, 1.807) is 30.3 Å². The van der Waals surface area contributed by atoms with Crippen LogP contribution < -0.4 is 10.2 Å². The van der Waals surface area contributed by atoms with Gasteiger partial charge in [0.15, 0.2) is 11.6 Å². The van der Waals surface area contributed by atoms with E-state index in [9.17, 15) is 13.7 Å². The molecule has 9 heteroatoms. The van der Waals surface area contributed by atoms with Crippen molar-refractivity contribution >= 4 is 32.7 Å². The zero-order chi connectivity index (χ0) is 22.3. The minimum Gasteiger partial charge on any atom is -0.364 e. The third-order valence-corrected chi connectivity index (χ3v) is 7.75. The van der Waals surface area contributed by atoms with E-state index in [-0.39, 0.29) is 0 Å². The molecule has 1 aliphatic carbocycles.